The van der Waals surface area contributed by atoms with Gasteiger partial charge in [-0.15, -0.1) is 0 Å². The van der Waals surface area contributed by atoms with Crippen molar-refractivity contribution in [2.24, 2.45) is 0 Å². The quantitative estimate of drug-likeness (QED) is 0.751. The van der Waals surface area contributed by atoms with Crippen LogP contribution in [0.4, 0.5) is 0 Å². The van der Waals surface area contributed by atoms with E-state index in [9.17, 15) is 4.79 Å². The van der Waals surface area contributed by atoms with Gasteiger partial charge in [0.1, 0.15) is 5.76 Å². The lowest BCUT2D eigenvalue weighted by Gasteiger charge is -2.12. The number of aryl methyl sites for hydroxylation is 1. The van der Waals surface area contributed by atoms with Gasteiger partial charge in [-0.2, -0.15) is 0 Å². The van der Waals surface area contributed by atoms with Crippen LogP contribution in [-0.2, 0) is 16.6 Å². The molecule has 0 spiro atoms. The average Bonchev–Trinajstić information content (AvgIpc) is 2.70. The molecule has 5 heteroatoms. The van der Waals surface area contributed by atoms with Crippen LogP contribution in [0.5, 0.6) is 0 Å². The van der Waals surface area contributed by atoms with Gasteiger partial charge in [-0.3, -0.25) is 4.79 Å². The number of rotatable bonds is 7. The van der Waals surface area contributed by atoms with Gasteiger partial charge in [0.05, 0.1) is 12.1 Å². The summed E-state index contributed by atoms with van der Waals surface area (Å²) in [5, 5.41) is 11.5. The van der Waals surface area contributed by atoms with E-state index in [4.69, 9.17) is 9.52 Å². The van der Waals surface area contributed by atoms with Gasteiger partial charge in [-0.1, -0.05) is 20.8 Å². The van der Waals surface area contributed by atoms with Crippen molar-refractivity contribution in [2.45, 2.75) is 58.8 Å². The second kappa shape index (κ2) is 7.43. The minimum absolute atomic E-state index is 0.0475. The molecule has 0 saturated carbocycles. The molecule has 1 heterocycles. The number of aromatic nitrogens is 1. The van der Waals surface area contributed by atoms with Gasteiger partial charge < -0.3 is 14.8 Å². The zero-order valence-corrected chi connectivity index (χ0v) is 13.0. The van der Waals surface area contributed by atoms with Crippen LogP contribution in [0.3, 0.4) is 0 Å². The van der Waals surface area contributed by atoms with Crippen molar-refractivity contribution in [1.29, 1.82) is 0 Å². The number of oxazole rings is 1. The van der Waals surface area contributed by atoms with Crippen LogP contribution in [0, 0.1) is 6.92 Å². The molecule has 1 rings (SSSR count). The van der Waals surface area contributed by atoms with Crippen LogP contribution in [-0.4, -0.2) is 29.1 Å². The molecule has 0 unspecified atom stereocenters. The lowest BCUT2D eigenvalue weighted by molar-refractivity contribution is -0.120. The normalized spacial score (nSPS) is 11.7. The predicted molar refractivity (Wildman–Crippen MR) is 77.6 cm³/mol. The summed E-state index contributed by atoms with van der Waals surface area (Å²) in [6.45, 7) is 8.80. The van der Waals surface area contributed by atoms with Crippen molar-refractivity contribution >= 4 is 5.91 Å². The predicted octanol–water partition coefficient (Wildman–Crippen LogP) is 2.10. The molecule has 0 atom stereocenters. The van der Waals surface area contributed by atoms with Gasteiger partial charge in [0.2, 0.25) is 5.91 Å². The highest BCUT2D eigenvalue weighted by molar-refractivity contribution is 5.78. The third-order valence-electron chi connectivity index (χ3n) is 3.01. The van der Waals surface area contributed by atoms with Crippen LogP contribution in [0.15, 0.2) is 4.42 Å². The first-order valence-electron chi connectivity index (χ1n) is 7.19. The van der Waals surface area contributed by atoms with E-state index in [1.54, 1.807) is 0 Å². The second-order valence-corrected chi connectivity index (χ2v) is 6.09. The first-order valence-corrected chi connectivity index (χ1v) is 7.19. The van der Waals surface area contributed by atoms with E-state index in [2.05, 4.69) is 10.3 Å². The average molecular weight is 282 g/mol. The zero-order valence-electron chi connectivity index (χ0n) is 13.0. The minimum Gasteiger partial charge on any atom is -0.444 e. The fourth-order valence-electron chi connectivity index (χ4n) is 1.76. The van der Waals surface area contributed by atoms with Crippen LogP contribution < -0.4 is 5.32 Å². The highest BCUT2D eigenvalue weighted by Crippen LogP contribution is 2.23. The summed E-state index contributed by atoms with van der Waals surface area (Å²) in [5.74, 6) is 1.26. The molecule has 5 nitrogen and oxygen atoms in total. The first kappa shape index (κ1) is 16.7. The molecule has 0 aliphatic rings. The van der Waals surface area contributed by atoms with Crippen LogP contribution in [0.1, 0.15) is 57.4 Å². The van der Waals surface area contributed by atoms with Crippen molar-refractivity contribution in [3.05, 3.63) is 17.3 Å². The summed E-state index contributed by atoms with van der Waals surface area (Å²) < 4.78 is 5.69. The molecule has 1 aromatic rings. The van der Waals surface area contributed by atoms with E-state index in [1.165, 1.54) is 0 Å². The van der Waals surface area contributed by atoms with Crippen molar-refractivity contribution in [2.75, 3.05) is 13.2 Å². The number of nitrogens with one attached hydrogen (secondary N) is 1. The SMILES string of the molecule is Cc1nc(C(C)(C)C)oc1CC(=O)NCCCCCO. The topological polar surface area (TPSA) is 75.4 Å². The molecule has 0 aliphatic carbocycles. The Morgan fingerprint density at radius 3 is 2.55 bits per heavy atom. The monoisotopic (exact) mass is 282 g/mol. The van der Waals surface area contributed by atoms with Gasteiger partial charge in [0.15, 0.2) is 5.89 Å². The summed E-state index contributed by atoms with van der Waals surface area (Å²) >= 11 is 0. The summed E-state index contributed by atoms with van der Waals surface area (Å²) in [7, 11) is 0. The fraction of sp³-hybridized carbons (Fsp3) is 0.733. The number of nitrogens with zero attached hydrogens (tertiary/aromatic N) is 1. The summed E-state index contributed by atoms with van der Waals surface area (Å²) in [5.41, 5.74) is 0.634. The van der Waals surface area contributed by atoms with Crippen LogP contribution in [0.2, 0.25) is 0 Å². The van der Waals surface area contributed by atoms with Crippen molar-refractivity contribution < 1.29 is 14.3 Å². The smallest absolute Gasteiger partial charge is 0.227 e. The molecule has 0 fully saturated rings. The minimum atomic E-state index is -0.149. The molecule has 0 radical (unpaired) electrons. The maximum atomic E-state index is 11.8. The standard InChI is InChI=1S/C15H26N2O3/c1-11-12(20-14(17-11)15(2,3)4)10-13(19)16-8-6-5-7-9-18/h18H,5-10H2,1-4H3,(H,16,19). The second-order valence-electron chi connectivity index (χ2n) is 6.09. The van der Waals surface area contributed by atoms with Gasteiger partial charge in [-0.05, 0) is 26.2 Å². The fourth-order valence-corrected chi connectivity index (χ4v) is 1.76. The number of carbonyl (C=O) groups is 1. The lowest BCUT2D eigenvalue weighted by Crippen LogP contribution is -2.26. The molecule has 114 valence electrons. The number of aliphatic hydroxyl groups is 1. The highest BCUT2D eigenvalue weighted by Gasteiger charge is 2.23. The molecule has 1 amide bonds. The maximum absolute atomic E-state index is 11.8. The first-order chi connectivity index (χ1) is 9.34. The van der Waals surface area contributed by atoms with Gasteiger partial charge in [-0.25, -0.2) is 4.98 Å². The van der Waals surface area contributed by atoms with Crippen LogP contribution >= 0.6 is 0 Å². The number of unbranched alkanes of at least 4 members (excludes halogenated alkanes) is 2. The zero-order chi connectivity index (χ0) is 15.2. The van der Waals surface area contributed by atoms with Crippen molar-refractivity contribution in [1.82, 2.24) is 10.3 Å². The number of hydrogen-bond donors (Lipinski definition) is 2. The Balaban J connectivity index is 2.44. The Bertz CT molecular complexity index is 433. The summed E-state index contributed by atoms with van der Waals surface area (Å²) in [6, 6.07) is 0. The molecule has 1 aromatic heterocycles. The lowest BCUT2D eigenvalue weighted by atomic mass is 9.97. The van der Waals surface area contributed by atoms with Crippen molar-refractivity contribution in [3.8, 4) is 0 Å². The molecule has 0 aromatic carbocycles. The van der Waals surface area contributed by atoms with E-state index in [-0.39, 0.29) is 24.3 Å². The van der Waals surface area contributed by atoms with Crippen molar-refractivity contribution in [3.63, 3.8) is 0 Å². The summed E-state index contributed by atoms with van der Waals surface area (Å²) in [4.78, 5) is 16.2. The summed E-state index contributed by atoms with van der Waals surface area (Å²) in [6.07, 6.45) is 2.82. The Labute approximate surface area is 120 Å². The highest BCUT2D eigenvalue weighted by atomic mass is 16.4. The number of amides is 1. The molecule has 2 N–H and O–H groups in total. The maximum Gasteiger partial charge on any atom is 0.227 e. The molecule has 0 aliphatic heterocycles. The van der Waals surface area contributed by atoms with E-state index in [0.717, 1.165) is 25.0 Å². The number of hydrogen-bond acceptors (Lipinski definition) is 4. The molecule has 0 bridgehead atoms. The van der Waals surface area contributed by atoms with E-state index < -0.39 is 0 Å². The Kier molecular flexibility index (Phi) is 6.20. The third-order valence-corrected chi connectivity index (χ3v) is 3.01. The Morgan fingerprint density at radius 1 is 1.30 bits per heavy atom. The number of aliphatic hydroxyl groups excluding tert-OH is 1. The Morgan fingerprint density at radius 2 is 2.00 bits per heavy atom. The molecule has 20 heavy (non-hydrogen) atoms. The van der Waals surface area contributed by atoms with Gasteiger partial charge in [0.25, 0.3) is 0 Å². The number of carbonyl (C=O) groups excluding carboxylic acids is 1. The molecule has 0 saturated heterocycles. The van der Waals surface area contributed by atoms with E-state index in [0.29, 0.717) is 18.2 Å². The third kappa shape index (κ3) is 5.33. The van der Waals surface area contributed by atoms with E-state index >= 15 is 0 Å². The van der Waals surface area contributed by atoms with Gasteiger partial charge in [0, 0.05) is 18.6 Å². The van der Waals surface area contributed by atoms with Crippen LogP contribution in [0.25, 0.3) is 0 Å². The Hall–Kier alpha value is -1.36. The molecular formula is C15H26N2O3. The molecular weight excluding hydrogens is 256 g/mol. The van der Waals surface area contributed by atoms with E-state index in [1.807, 2.05) is 27.7 Å². The van der Waals surface area contributed by atoms with Gasteiger partial charge >= 0.3 is 0 Å². The largest absolute Gasteiger partial charge is 0.444 e.